The molecule has 0 saturated carbocycles. The number of nitrogens with one attached hydrogen (secondary N) is 1. The number of aromatic nitrogens is 2. The Labute approximate surface area is 200 Å². The smallest absolute Gasteiger partial charge is 0.245 e. The number of likely N-dealkylation sites (tertiary alicyclic amines) is 1. The molecule has 0 radical (unpaired) electrons. The molecule has 1 atom stereocenters. The van der Waals surface area contributed by atoms with Crippen LogP contribution < -0.4 is 10.2 Å². The summed E-state index contributed by atoms with van der Waals surface area (Å²) in [4.78, 5) is 25.6. The lowest BCUT2D eigenvalue weighted by Crippen LogP contribution is -2.47. The van der Waals surface area contributed by atoms with Crippen molar-refractivity contribution in [1.29, 1.82) is 0 Å². The van der Waals surface area contributed by atoms with Crippen LogP contribution in [0.1, 0.15) is 24.8 Å². The molecular weight excluding hydrogens is 548 g/mol. The summed E-state index contributed by atoms with van der Waals surface area (Å²) in [5.74, 6) is 0.939. The van der Waals surface area contributed by atoms with E-state index < -0.39 is 16.5 Å². The standard InChI is InChI=1S/C21H25FIN5O3S/c1-32(30,31)19-3-2-15(13-24-19)26-18-6-9-28(21(18)29)16-4-7-27(8-5-16)20-17(23)10-14(11-22)12-25-20/h2-3,10,12-13,16,18,26H,4-9,11H2,1H3/t18-/m0/s1. The molecule has 4 rings (SSSR count). The molecule has 172 valence electrons. The van der Waals surface area contributed by atoms with E-state index in [9.17, 15) is 17.6 Å². The van der Waals surface area contributed by atoms with Crippen LogP contribution in [0.4, 0.5) is 15.9 Å². The van der Waals surface area contributed by atoms with Gasteiger partial charge in [-0.15, -0.1) is 0 Å². The summed E-state index contributed by atoms with van der Waals surface area (Å²) >= 11 is 2.20. The summed E-state index contributed by atoms with van der Waals surface area (Å²) < 4.78 is 36.9. The van der Waals surface area contributed by atoms with Gasteiger partial charge in [0.15, 0.2) is 14.9 Å². The maximum atomic E-state index is 13.0. The predicted molar refractivity (Wildman–Crippen MR) is 128 cm³/mol. The van der Waals surface area contributed by atoms with Crippen LogP contribution in [0.2, 0.25) is 0 Å². The highest BCUT2D eigenvalue weighted by Crippen LogP contribution is 2.28. The third-order valence-corrected chi connectivity index (χ3v) is 7.73. The molecule has 0 aromatic carbocycles. The number of piperidine rings is 1. The average molecular weight is 573 g/mol. The summed E-state index contributed by atoms with van der Waals surface area (Å²) in [5, 5.41) is 3.20. The Morgan fingerprint density at radius 1 is 1.16 bits per heavy atom. The molecule has 2 aromatic rings. The summed E-state index contributed by atoms with van der Waals surface area (Å²) in [6.45, 7) is 1.76. The van der Waals surface area contributed by atoms with Crippen molar-refractivity contribution in [3.63, 3.8) is 0 Å². The van der Waals surface area contributed by atoms with E-state index in [0.717, 1.165) is 41.6 Å². The molecule has 2 saturated heterocycles. The van der Waals surface area contributed by atoms with Crippen molar-refractivity contribution in [2.75, 3.05) is 36.1 Å². The van der Waals surface area contributed by atoms with Crippen molar-refractivity contribution in [3.8, 4) is 0 Å². The molecule has 0 bridgehead atoms. The van der Waals surface area contributed by atoms with Crippen LogP contribution in [0.5, 0.6) is 0 Å². The number of anilines is 2. The van der Waals surface area contributed by atoms with Crippen molar-refractivity contribution < 1.29 is 17.6 Å². The number of carbonyl (C=O) groups excluding carboxylic acids is 1. The first-order valence-corrected chi connectivity index (χ1v) is 13.4. The van der Waals surface area contributed by atoms with E-state index in [1.54, 1.807) is 12.3 Å². The highest BCUT2D eigenvalue weighted by molar-refractivity contribution is 14.1. The zero-order valence-corrected chi connectivity index (χ0v) is 20.6. The fourth-order valence-corrected chi connectivity index (χ4v) is 5.69. The van der Waals surface area contributed by atoms with Gasteiger partial charge in [-0.05, 0) is 60.1 Å². The van der Waals surface area contributed by atoms with Gasteiger partial charge in [0.05, 0.1) is 15.5 Å². The van der Waals surface area contributed by atoms with Gasteiger partial charge < -0.3 is 15.1 Å². The minimum absolute atomic E-state index is 0.0117. The van der Waals surface area contributed by atoms with E-state index in [1.807, 2.05) is 11.0 Å². The van der Waals surface area contributed by atoms with Crippen LogP contribution in [0.15, 0.2) is 35.6 Å². The quantitative estimate of drug-likeness (QED) is 0.531. The minimum atomic E-state index is -3.35. The largest absolute Gasteiger partial charge is 0.372 e. The fourth-order valence-electron chi connectivity index (χ4n) is 4.25. The SMILES string of the molecule is CS(=O)(=O)c1ccc(N[C@H]2CCN(C3CCN(c4ncc(CF)cc4I)CC3)C2=O)cn1. The Morgan fingerprint density at radius 2 is 1.91 bits per heavy atom. The molecule has 1 N–H and O–H groups in total. The molecule has 11 heteroatoms. The molecule has 0 aliphatic carbocycles. The molecular formula is C21H25FIN5O3S. The maximum Gasteiger partial charge on any atom is 0.245 e. The van der Waals surface area contributed by atoms with Gasteiger partial charge in [-0.2, -0.15) is 0 Å². The van der Waals surface area contributed by atoms with Crippen LogP contribution in [0.25, 0.3) is 0 Å². The third kappa shape index (κ3) is 4.98. The van der Waals surface area contributed by atoms with Crippen molar-refractivity contribution >= 4 is 49.8 Å². The minimum Gasteiger partial charge on any atom is -0.372 e. The van der Waals surface area contributed by atoms with E-state index >= 15 is 0 Å². The van der Waals surface area contributed by atoms with Crippen molar-refractivity contribution in [2.45, 2.75) is 43.0 Å². The van der Waals surface area contributed by atoms with Gasteiger partial charge in [0.25, 0.3) is 0 Å². The van der Waals surface area contributed by atoms with Gasteiger partial charge in [0.1, 0.15) is 18.5 Å². The number of alkyl halides is 1. The van der Waals surface area contributed by atoms with Gasteiger partial charge in [0, 0.05) is 43.7 Å². The lowest BCUT2D eigenvalue weighted by Gasteiger charge is -2.37. The molecule has 2 aliphatic heterocycles. The van der Waals surface area contributed by atoms with E-state index in [2.05, 4.69) is 42.8 Å². The van der Waals surface area contributed by atoms with Gasteiger partial charge in [-0.25, -0.2) is 22.8 Å². The second-order valence-electron chi connectivity index (χ2n) is 8.18. The summed E-state index contributed by atoms with van der Waals surface area (Å²) in [5.41, 5.74) is 1.21. The van der Waals surface area contributed by atoms with E-state index in [0.29, 0.717) is 24.2 Å². The number of halogens is 2. The molecule has 1 amide bonds. The Morgan fingerprint density at radius 3 is 2.50 bits per heavy atom. The number of hydrogen-bond donors (Lipinski definition) is 1. The summed E-state index contributed by atoms with van der Waals surface area (Å²) in [6.07, 6.45) is 6.55. The number of nitrogens with zero attached hydrogens (tertiary/aromatic N) is 4. The van der Waals surface area contributed by atoms with Crippen molar-refractivity contribution in [1.82, 2.24) is 14.9 Å². The number of hydrogen-bond acceptors (Lipinski definition) is 7. The second-order valence-corrected chi connectivity index (χ2v) is 11.3. The molecule has 2 aromatic heterocycles. The van der Waals surface area contributed by atoms with Gasteiger partial charge in [-0.1, -0.05) is 0 Å². The summed E-state index contributed by atoms with van der Waals surface area (Å²) in [6, 6.07) is 4.75. The predicted octanol–water partition coefficient (Wildman–Crippen LogP) is 2.64. The number of rotatable bonds is 6. The van der Waals surface area contributed by atoms with E-state index in [4.69, 9.17) is 0 Å². The zero-order chi connectivity index (χ0) is 22.9. The zero-order valence-electron chi connectivity index (χ0n) is 17.7. The van der Waals surface area contributed by atoms with E-state index in [1.165, 1.54) is 12.3 Å². The fraction of sp³-hybridized carbons (Fsp3) is 0.476. The monoisotopic (exact) mass is 573 g/mol. The number of pyridine rings is 2. The Bertz CT molecular complexity index is 1090. The lowest BCUT2D eigenvalue weighted by atomic mass is 10.0. The van der Waals surface area contributed by atoms with Crippen molar-refractivity contribution in [2.24, 2.45) is 0 Å². The van der Waals surface area contributed by atoms with Crippen LogP contribution in [-0.4, -0.2) is 67.2 Å². The van der Waals surface area contributed by atoms with Gasteiger partial charge in [-0.3, -0.25) is 4.79 Å². The Balaban J connectivity index is 1.34. The average Bonchev–Trinajstić information content (AvgIpc) is 3.13. The normalized spacial score (nSPS) is 20.1. The second kappa shape index (κ2) is 9.46. The first-order chi connectivity index (χ1) is 15.3. The van der Waals surface area contributed by atoms with Crippen molar-refractivity contribution in [3.05, 3.63) is 39.7 Å². The molecule has 0 spiro atoms. The summed E-state index contributed by atoms with van der Waals surface area (Å²) in [7, 11) is -3.35. The Kier molecular flexibility index (Phi) is 6.84. The number of amides is 1. The first kappa shape index (κ1) is 23.1. The molecule has 32 heavy (non-hydrogen) atoms. The lowest BCUT2D eigenvalue weighted by molar-refractivity contribution is -0.130. The van der Waals surface area contributed by atoms with Crippen LogP contribution in [-0.2, 0) is 21.3 Å². The van der Waals surface area contributed by atoms with Crippen LogP contribution >= 0.6 is 22.6 Å². The van der Waals surface area contributed by atoms with Crippen LogP contribution in [0.3, 0.4) is 0 Å². The highest BCUT2D eigenvalue weighted by Gasteiger charge is 2.37. The number of carbonyl (C=O) groups is 1. The van der Waals surface area contributed by atoms with Gasteiger partial charge in [0.2, 0.25) is 5.91 Å². The topological polar surface area (TPSA) is 95.5 Å². The maximum absolute atomic E-state index is 13.0. The first-order valence-electron chi connectivity index (χ1n) is 10.4. The van der Waals surface area contributed by atoms with E-state index in [-0.39, 0.29) is 23.0 Å². The Hall–Kier alpha value is -2.02. The molecule has 0 unspecified atom stereocenters. The molecule has 4 heterocycles. The highest BCUT2D eigenvalue weighted by atomic mass is 127. The number of sulfone groups is 1. The van der Waals surface area contributed by atoms with Gasteiger partial charge >= 0.3 is 0 Å². The van der Waals surface area contributed by atoms with Crippen LogP contribution in [0, 0.1) is 3.57 Å². The molecule has 2 fully saturated rings. The molecule has 8 nitrogen and oxygen atoms in total. The molecule has 2 aliphatic rings. The third-order valence-electron chi connectivity index (χ3n) is 5.93.